The monoisotopic (exact) mass is 262 g/mol. The van der Waals surface area contributed by atoms with Crippen LogP contribution in [0.25, 0.3) is 11.4 Å². The van der Waals surface area contributed by atoms with Gasteiger partial charge in [0.25, 0.3) is 5.82 Å². The molecule has 100 valence electrons. The molecule has 0 fully saturated rings. The van der Waals surface area contributed by atoms with Gasteiger partial charge in [0.05, 0.1) is 12.7 Å². The Balaban J connectivity index is 2.56. The van der Waals surface area contributed by atoms with Gasteiger partial charge in [-0.15, -0.1) is 0 Å². The number of methoxy groups -OCH3 is 1. The highest BCUT2D eigenvalue weighted by atomic mass is 16.6. The van der Waals surface area contributed by atoms with Gasteiger partial charge in [0.15, 0.2) is 0 Å². The van der Waals surface area contributed by atoms with Crippen LogP contribution in [0.5, 0.6) is 5.75 Å². The minimum atomic E-state index is -0.522. The Morgan fingerprint density at radius 1 is 1.47 bits per heavy atom. The van der Waals surface area contributed by atoms with Gasteiger partial charge in [0.1, 0.15) is 11.9 Å². The van der Waals surface area contributed by atoms with Crippen LogP contribution in [0.3, 0.4) is 0 Å². The molecule has 0 aliphatic heterocycles. The molecule has 7 nitrogen and oxygen atoms in total. The average molecular weight is 262 g/mol. The number of benzene rings is 1. The SMILES string of the molecule is COc1ccccc1-c1nc([N+](=O)[O-])cn1CCN. The summed E-state index contributed by atoms with van der Waals surface area (Å²) in [5, 5.41) is 10.8. The second-order valence-electron chi connectivity index (χ2n) is 3.86. The van der Waals surface area contributed by atoms with E-state index in [4.69, 9.17) is 10.5 Å². The molecule has 0 saturated carbocycles. The zero-order valence-corrected chi connectivity index (χ0v) is 10.4. The van der Waals surface area contributed by atoms with Gasteiger partial charge in [-0.25, -0.2) is 0 Å². The molecule has 0 unspecified atom stereocenters. The lowest BCUT2D eigenvalue weighted by atomic mass is 10.2. The molecule has 0 spiro atoms. The number of hydrogen-bond donors (Lipinski definition) is 1. The predicted octanol–water partition coefficient (Wildman–Crippen LogP) is 1.43. The van der Waals surface area contributed by atoms with E-state index in [1.165, 1.54) is 6.20 Å². The smallest absolute Gasteiger partial charge is 0.382 e. The van der Waals surface area contributed by atoms with E-state index in [1.54, 1.807) is 23.8 Å². The number of hydrogen-bond acceptors (Lipinski definition) is 5. The van der Waals surface area contributed by atoms with Crippen molar-refractivity contribution in [2.75, 3.05) is 13.7 Å². The summed E-state index contributed by atoms with van der Waals surface area (Å²) in [6, 6.07) is 7.23. The maximum atomic E-state index is 10.8. The maximum absolute atomic E-state index is 10.8. The lowest BCUT2D eigenvalue weighted by Gasteiger charge is -2.06. The number of nitro groups is 1. The summed E-state index contributed by atoms with van der Waals surface area (Å²) >= 11 is 0. The number of aromatic nitrogens is 2. The van der Waals surface area contributed by atoms with Crippen molar-refractivity contribution in [2.45, 2.75) is 6.54 Å². The van der Waals surface area contributed by atoms with E-state index in [0.29, 0.717) is 30.2 Å². The molecule has 0 aliphatic carbocycles. The first-order valence-electron chi connectivity index (χ1n) is 5.72. The van der Waals surface area contributed by atoms with Gasteiger partial charge in [-0.2, -0.15) is 0 Å². The van der Waals surface area contributed by atoms with Gasteiger partial charge in [-0.05, 0) is 22.0 Å². The Morgan fingerprint density at radius 3 is 2.84 bits per heavy atom. The zero-order valence-electron chi connectivity index (χ0n) is 10.4. The minimum absolute atomic E-state index is 0.200. The van der Waals surface area contributed by atoms with Crippen LogP contribution in [-0.4, -0.2) is 28.1 Å². The average Bonchev–Trinajstić information content (AvgIpc) is 2.83. The first kappa shape index (κ1) is 13.0. The van der Waals surface area contributed by atoms with Crippen molar-refractivity contribution in [3.05, 3.63) is 40.6 Å². The zero-order chi connectivity index (χ0) is 13.8. The van der Waals surface area contributed by atoms with Crippen molar-refractivity contribution >= 4 is 5.82 Å². The molecule has 1 aromatic carbocycles. The minimum Gasteiger partial charge on any atom is -0.496 e. The third-order valence-corrected chi connectivity index (χ3v) is 2.67. The first-order valence-corrected chi connectivity index (χ1v) is 5.72. The van der Waals surface area contributed by atoms with Gasteiger partial charge in [-0.1, -0.05) is 12.1 Å². The second kappa shape index (κ2) is 5.49. The van der Waals surface area contributed by atoms with Crippen LogP contribution < -0.4 is 10.5 Å². The molecule has 7 heteroatoms. The second-order valence-corrected chi connectivity index (χ2v) is 3.86. The number of imidazole rings is 1. The molecule has 2 N–H and O–H groups in total. The fourth-order valence-corrected chi connectivity index (χ4v) is 1.84. The highest BCUT2D eigenvalue weighted by molar-refractivity contribution is 5.65. The van der Waals surface area contributed by atoms with E-state index in [9.17, 15) is 10.1 Å². The Morgan fingerprint density at radius 2 is 2.21 bits per heavy atom. The Hall–Kier alpha value is -2.41. The van der Waals surface area contributed by atoms with Crippen LogP contribution in [0.15, 0.2) is 30.5 Å². The van der Waals surface area contributed by atoms with E-state index in [1.807, 2.05) is 12.1 Å². The third-order valence-electron chi connectivity index (χ3n) is 2.67. The fourth-order valence-electron chi connectivity index (χ4n) is 1.84. The predicted molar refractivity (Wildman–Crippen MR) is 69.9 cm³/mol. The van der Waals surface area contributed by atoms with E-state index in [0.717, 1.165) is 0 Å². The lowest BCUT2D eigenvalue weighted by Crippen LogP contribution is -2.10. The summed E-state index contributed by atoms with van der Waals surface area (Å²) in [6.07, 6.45) is 1.38. The van der Waals surface area contributed by atoms with Crippen molar-refractivity contribution in [2.24, 2.45) is 5.73 Å². The number of para-hydroxylation sites is 1. The van der Waals surface area contributed by atoms with Crippen molar-refractivity contribution in [3.63, 3.8) is 0 Å². The van der Waals surface area contributed by atoms with Gasteiger partial charge in [0.2, 0.25) is 0 Å². The molecular formula is C12H14N4O3. The molecule has 0 atom stereocenters. The largest absolute Gasteiger partial charge is 0.496 e. The number of nitrogens with two attached hydrogens (primary N) is 1. The van der Waals surface area contributed by atoms with Gasteiger partial charge < -0.3 is 25.2 Å². The quantitative estimate of drug-likeness (QED) is 0.649. The summed E-state index contributed by atoms with van der Waals surface area (Å²) in [5.41, 5.74) is 6.21. The van der Waals surface area contributed by atoms with Gasteiger partial charge in [-0.3, -0.25) is 0 Å². The van der Waals surface area contributed by atoms with Crippen LogP contribution in [0.1, 0.15) is 0 Å². The molecule has 0 bridgehead atoms. The van der Waals surface area contributed by atoms with Gasteiger partial charge in [0, 0.05) is 13.1 Å². The summed E-state index contributed by atoms with van der Waals surface area (Å²) in [4.78, 5) is 14.3. The normalized spacial score (nSPS) is 10.4. The van der Waals surface area contributed by atoms with Gasteiger partial charge >= 0.3 is 5.82 Å². The Kier molecular flexibility index (Phi) is 3.76. The number of nitrogens with zero attached hydrogens (tertiary/aromatic N) is 3. The summed E-state index contributed by atoms with van der Waals surface area (Å²) in [6.45, 7) is 0.823. The molecule has 2 aromatic rings. The number of rotatable bonds is 5. The summed E-state index contributed by atoms with van der Waals surface area (Å²) in [5.74, 6) is 0.894. The fraction of sp³-hybridized carbons (Fsp3) is 0.250. The van der Waals surface area contributed by atoms with Crippen LogP contribution in [0.4, 0.5) is 5.82 Å². The van der Waals surface area contributed by atoms with Crippen molar-refractivity contribution in [1.82, 2.24) is 9.55 Å². The molecule has 0 radical (unpaired) electrons. The highest BCUT2D eigenvalue weighted by Gasteiger charge is 2.22. The topological polar surface area (TPSA) is 96.2 Å². The van der Waals surface area contributed by atoms with E-state index >= 15 is 0 Å². The molecule has 1 heterocycles. The Bertz CT molecular complexity index is 594. The van der Waals surface area contributed by atoms with Crippen molar-refractivity contribution in [3.8, 4) is 17.1 Å². The van der Waals surface area contributed by atoms with Crippen LogP contribution in [0, 0.1) is 10.1 Å². The number of ether oxygens (including phenoxy) is 1. The van der Waals surface area contributed by atoms with Crippen LogP contribution in [-0.2, 0) is 6.54 Å². The molecule has 0 aliphatic rings. The van der Waals surface area contributed by atoms with Crippen LogP contribution >= 0.6 is 0 Å². The van der Waals surface area contributed by atoms with E-state index in [2.05, 4.69) is 4.98 Å². The van der Waals surface area contributed by atoms with E-state index in [-0.39, 0.29) is 5.82 Å². The van der Waals surface area contributed by atoms with Crippen molar-refractivity contribution in [1.29, 1.82) is 0 Å². The summed E-state index contributed by atoms with van der Waals surface area (Å²) in [7, 11) is 1.55. The molecule has 1 aromatic heterocycles. The summed E-state index contributed by atoms with van der Waals surface area (Å²) < 4.78 is 6.91. The maximum Gasteiger partial charge on any atom is 0.382 e. The molecule has 19 heavy (non-hydrogen) atoms. The standard InChI is InChI=1S/C12H14N4O3/c1-19-10-5-3-2-4-9(10)12-14-11(16(17)18)8-15(12)7-6-13/h2-5,8H,6-7,13H2,1H3. The first-order chi connectivity index (χ1) is 9.17. The molecule has 0 amide bonds. The third kappa shape index (κ3) is 2.55. The van der Waals surface area contributed by atoms with Crippen LogP contribution in [0.2, 0.25) is 0 Å². The molecule has 2 rings (SSSR count). The molecule has 0 saturated heterocycles. The Labute approximate surface area is 109 Å². The highest BCUT2D eigenvalue weighted by Crippen LogP contribution is 2.30. The van der Waals surface area contributed by atoms with Crippen molar-refractivity contribution < 1.29 is 9.66 Å². The van der Waals surface area contributed by atoms with E-state index < -0.39 is 4.92 Å². The molecular weight excluding hydrogens is 248 g/mol. The lowest BCUT2D eigenvalue weighted by molar-refractivity contribution is -0.389.